The number of nitrogens with one attached hydrogen (secondary N) is 1. The quantitative estimate of drug-likeness (QED) is 0.615. The molecular weight excluding hydrogens is 358 g/mol. The molecule has 0 fully saturated rings. The topological polar surface area (TPSA) is 47.0 Å². The van der Waals surface area contributed by atoms with Gasteiger partial charge in [-0.1, -0.05) is 35.9 Å². The highest BCUT2D eigenvalue weighted by molar-refractivity contribution is 6.30. The van der Waals surface area contributed by atoms with E-state index < -0.39 is 0 Å². The molecule has 3 aromatic rings. The molecule has 3 rings (SSSR count). The first-order valence-electron chi connectivity index (χ1n) is 9.06. The first kappa shape index (κ1) is 19.2. The predicted octanol–water partition coefficient (Wildman–Crippen LogP) is 5.14. The van der Waals surface area contributed by atoms with E-state index in [1.54, 1.807) is 0 Å². The van der Waals surface area contributed by atoms with E-state index in [0.717, 1.165) is 34.9 Å². The lowest BCUT2D eigenvalue weighted by atomic mass is 10.0. The molecule has 1 N–H and O–H groups in total. The Hall–Kier alpha value is -2.59. The zero-order chi connectivity index (χ0) is 19.2. The normalized spacial score (nSPS) is 10.9. The molecule has 0 saturated heterocycles. The van der Waals surface area contributed by atoms with Gasteiger partial charge in [-0.2, -0.15) is 0 Å². The van der Waals surface area contributed by atoms with Crippen molar-refractivity contribution in [3.05, 3.63) is 82.1 Å². The van der Waals surface area contributed by atoms with Gasteiger partial charge in [-0.25, -0.2) is 9.97 Å². The number of halogens is 1. The van der Waals surface area contributed by atoms with E-state index in [0.29, 0.717) is 5.95 Å². The van der Waals surface area contributed by atoms with Crippen molar-refractivity contribution in [2.45, 2.75) is 32.8 Å². The van der Waals surface area contributed by atoms with E-state index in [-0.39, 0.29) is 6.10 Å². The van der Waals surface area contributed by atoms with Crippen LogP contribution in [0.2, 0.25) is 5.02 Å². The molecule has 1 heterocycles. The first-order valence-corrected chi connectivity index (χ1v) is 9.44. The molecule has 140 valence electrons. The van der Waals surface area contributed by atoms with E-state index in [4.69, 9.17) is 16.3 Å². The standard InChI is InChI=1S/C22H24ClN3O/c1-15(2)27-20-10-6-16(7-11-20)12-18-14-25-22(24-3)26-21(18)13-17-4-8-19(23)9-5-17/h4-11,14-15H,12-13H2,1-3H3,(H,24,25,26). The fourth-order valence-corrected chi connectivity index (χ4v) is 2.96. The highest BCUT2D eigenvalue weighted by atomic mass is 35.5. The van der Waals surface area contributed by atoms with Crippen molar-refractivity contribution in [3.8, 4) is 5.75 Å². The molecule has 27 heavy (non-hydrogen) atoms. The van der Waals surface area contributed by atoms with Crippen LogP contribution in [0.4, 0.5) is 5.95 Å². The molecule has 0 saturated carbocycles. The second kappa shape index (κ2) is 8.87. The summed E-state index contributed by atoms with van der Waals surface area (Å²) in [5, 5.41) is 3.76. The molecule has 0 amide bonds. The monoisotopic (exact) mass is 381 g/mol. The van der Waals surface area contributed by atoms with Gasteiger partial charge in [0.25, 0.3) is 0 Å². The summed E-state index contributed by atoms with van der Waals surface area (Å²) >= 11 is 6.00. The summed E-state index contributed by atoms with van der Waals surface area (Å²) in [7, 11) is 1.83. The van der Waals surface area contributed by atoms with Crippen LogP contribution >= 0.6 is 11.6 Å². The van der Waals surface area contributed by atoms with Gasteiger partial charge in [0.2, 0.25) is 5.95 Å². The highest BCUT2D eigenvalue weighted by Gasteiger charge is 2.10. The lowest BCUT2D eigenvalue weighted by Crippen LogP contribution is -2.06. The van der Waals surface area contributed by atoms with Gasteiger partial charge in [0.05, 0.1) is 11.8 Å². The number of ether oxygens (including phenoxy) is 1. The summed E-state index contributed by atoms with van der Waals surface area (Å²) in [4.78, 5) is 9.08. The SMILES string of the molecule is CNc1ncc(Cc2ccc(OC(C)C)cc2)c(Cc2ccc(Cl)cc2)n1. The van der Waals surface area contributed by atoms with Gasteiger partial charge < -0.3 is 10.1 Å². The maximum Gasteiger partial charge on any atom is 0.222 e. The number of aromatic nitrogens is 2. The predicted molar refractivity (Wildman–Crippen MR) is 111 cm³/mol. The van der Waals surface area contributed by atoms with Gasteiger partial charge in [0.1, 0.15) is 5.75 Å². The smallest absolute Gasteiger partial charge is 0.222 e. The molecule has 0 spiro atoms. The summed E-state index contributed by atoms with van der Waals surface area (Å²) in [6, 6.07) is 16.1. The van der Waals surface area contributed by atoms with Crippen LogP contribution in [0, 0.1) is 0 Å². The average molecular weight is 382 g/mol. The summed E-state index contributed by atoms with van der Waals surface area (Å²) in [6.45, 7) is 4.05. The Labute approximate surface area is 165 Å². The minimum absolute atomic E-state index is 0.171. The lowest BCUT2D eigenvalue weighted by molar-refractivity contribution is 0.242. The van der Waals surface area contributed by atoms with Crippen LogP contribution in [0.5, 0.6) is 5.75 Å². The first-order chi connectivity index (χ1) is 13.0. The number of rotatable bonds is 7. The van der Waals surface area contributed by atoms with Gasteiger partial charge in [0, 0.05) is 31.1 Å². The van der Waals surface area contributed by atoms with E-state index in [2.05, 4.69) is 27.4 Å². The Morgan fingerprint density at radius 3 is 2.22 bits per heavy atom. The third kappa shape index (κ3) is 5.44. The second-order valence-electron chi connectivity index (χ2n) is 6.71. The van der Waals surface area contributed by atoms with E-state index >= 15 is 0 Å². The summed E-state index contributed by atoms with van der Waals surface area (Å²) in [6.07, 6.45) is 3.58. The van der Waals surface area contributed by atoms with Crippen LogP contribution in [0.3, 0.4) is 0 Å². The molecule has 0 aliphatic heterocycles. The Kier molecular flexibility index (Phi) is 6.30. The van der Waals surface area contributed by atoms with Crippen molar-refractivity contribution in [1.82, 2.24) is 9.97 Å². The van der Waals surface area contributed by atoms with Gasteiger partial charge >= 0.3 is 0 Å². The van der Waals surface area contributed by atoms with Crippen LogP contribution < -0.4 is 10.1 Å². The van der Waals surface area contributed by atoms with Crippen LogP contribution in [-0.4, -0.2) is 23.1 Å². The minimum Gasteiger partial charge on any atom is -0.491 e. The fraction of sp³-hybridized carbons (Fsp3) is 0.273. The largest absolute Gasteiger partial charge is 0.491 e. The zero-order valence-electron chi connectivity index (χ0n) is 15.9. The molecule has 0 aliphatic rings. The van der Waals surface area contributed by atoms with Gasteiger partial charge in [-0.15, -0.1) is 0 Å². The number of anilines is 1. The Morgan fingerprint density at radius 2 is 1.59 bits per heavy atom. The molecule has 0 unspecified atom stereocenters. The molecule has 2 aromatic carbocycles. The molecule has 4 nitrogen and oxygen atoms in total. The van der Waals surface area contributed by atoms with Crippen molar-refractivity contribution in [3.63, 3.8) is 0 Å². The van der Waals surface area contributed by atoms with Crippen molar-refractivity contribution >= 4 is 17.5 Å². The lowest BCUT2D eigenvalue weighted by Gasteiger charge is -2.12. The van der Waals surface area contributed by atoms with Crippen LogP contribution in [-0.2, 0) is 12.8 Å². The number of hydrogen-bond donors (Lipinski definition) is 1. The van der Waals surface area contributed by atoms with Crippen molar-refractivity contribution in [2.75, 3.05) is 12.4 Å². The Morgan fingerprint density at radius 1 is 0.963 bits per heavy atom. The highest BCUT2D eigenvalue weighted by Crippen LogP contribution is 2.20. The van der Waals surface area contributed by atoms with Gasteiger partial charge in [0.15, 0.2) is 0 Å². The molecule has 0 radical (unpaired) electrons. The van der Waals surface area contributed by atoms with Crippen molar-refractivity contribution in [1.29, 1.82) is 0 Å². The Bertz CT molecular complexity index is 877. The fourth-order valence-electron chi connectivity index (χ4n) is 2.84. The summed E-state index contributed by atoms with van der Waals surface area (Å²) in [5.74, 6) is 1.51. The van der Waals surface area contributed by atoms with Gasteiger partial charge in [-0.05, 0) is 54.8 Å². The average Bonchev–Trinajstić information content (AvgIpc) is 2.66. The molecule has 5 heteroatoms. The van der Waals surface area contributed by atoms with E-state index in [1.807, 2.05) is 63.5 Å². The Balaban J connectivity index is 1.82. The van der Waals surface area contributed by atoms with E-state index in [1.165, 1.54) is 11.1 Å². The minimum atomic E-state index is 0.171. The zero-order valence-corrected chi connectivity index (χ0v) is 16.6. The van der Waals surface area contributed by atoms with Gasteiger partial charge in [-0.3, -0.25) is 0 Å². The van der Waals surface area contributed by atoms with Crippen LogP contribution in [0.15, 0.2) is 54.7 Å². The third-order valence-corrected chi connectivity index (χ3v) is 4.40. The summed E-state index contributed by atoms with van der Waals surface area (Å²) < 4.78 is 5.72. The number of hydrogen-bond acceptors (Lipinski definition) is 4. The third-order valence-electron chi connectivity index (χ3n) is 4.15. The molecule has 0 aliphatic carbocycles. The number of benzene rings is 2. The van der Waals surface area contributed by atoms with E-state index in [9.17, 15) is 0 Å². The molecule has 0 bridgehead atoms. The second-order valence-corrected chi connectivity index (χ2v) is 7.14. The maximum atomic E-state index is 6.00. The molecule has 0 atom stereocenters. The van der Waals surface area contributed by atoms with Crippen molar-refractivity contribution in [2.24, 2.45) is 0 Å². The maximum absolute atomic E-state index is 6.00. The molecule has 1 aromatic heterocycles. The van der Waals surface area contributed by atoms with Crippen LogP contribution in [0.25, 0.3) is 0 Å². The van der Waals surface area contributed by atoms with Crippen LogP contribution in [0.1, 0.15) is 36.2 Å². The molecular formula is C22H24ClN3O. The van der Waals surface area contributed by atoms with Crippen molar-refractivity contribution < 1.29 is 4.74 Å². The summed E-state index contributed by atoms with van der Waals surface area (Å²) in [5.41, 5.74) is 4.49. The number of nitrogens with zero attached hydrogens (tertiary/aromatic N) is 2.